The maximum Gasteiger partial charge on any atom is 0.223 e. The van der Waals surface area contributed by atoms with E-state index >= 15 is 0 Å². The molecule has 1 heterocycles. The van der Waals surface area contributed by atoms with E-state index in [9.17, 15) is 4.79 Å². The van der Waals surface area contributed by atoms with Crippen molar-refractivity contribution in [1.82, 2.24) is 10.2 Å². The van der Waals surface area contributed by atoms with Gasteiger partial charge in [-0.1, -0.05) is 0 Å². The standard InChI is InChI=1S/C17H26N2O3/c1-18-12-14-5-4-8-19(14)17(20)7-6-13-9-15(21-2)11-16(10-13)22-3/h9-11,14,18H,4-8,12H2,1-3H3. The van der Waals surface area contributed by atoms with Crippen LogP contribution < -0.4 is 14.8 Å². The lowest BCUT2D eigenvalue weighted by Crippen LogP contribution is -2.40. The first-order chi connectivity index (χ1) is 10.7. The summed E-state index contributed by atoms with van der Waals surface area (Å²) in [5.41, 5.74) is 1.06. The third-order valence-corrected chi connectivity index (χ3v) is 4.18. The molecule has 5 nitrogen and oxygen atoms in total. The molecule has 1 aliphatic rings. The van der Waals surface area contributed by atoms with Gasteiger partial charge in [0.2, 0.25) is 5.91 Å². The van der Waals surface area contributed by atoms with Gasteiger partial charge in [0.1, 0.15) is 11.5 Å². The second-order valence-corrected chi connectivity index (χ2v) is 5.66. The van der Waals surface area contributed by atoms with Crippen molar-refractivity contribution in [3.8, 4) is 11.5 Å². The van der Waals surface area contributed by atoms with Gasteiger partial charge in [0.05, 0.1) is 14.2 Å². The molecule has 0 aromatic heterocycles. The number of carbonyl (C=O) groups excluding carboxylic acids is 1. The largest absolute Gasteiger partial charge is 0.497 e. The molecule has 1 aromatic rings. The molecule has 1 atom stereocenters. The van der Waals surface area contributed by atoms with Gasteiger partial charge in [-0.3, -0.25) is 4.79 Å². The Kier molecular flexibility index (Phi) is 6.07. The summed E-state index contributed by atoms with van der Waals surface area (Å²) >= 11 is 0. The molecule has 0 spiro atoms. The van der Waals surface area contributed by atoms with Gasteiger partial charge in [-0.15, -0.1) is 0 Å². The van der Waals surface area contributed by atoms with E-state index in [1.165, 1.54) is 0 Å². The summed E-state index contributed by atoms with van der Waals surface area (Å²) in [5.74, 6) is 1.76. The third kappa shape index (κ3) is 4.13. The van der Waals surface area contributed by atoms with Gasteiger partial charge in [-0.2, -0.15) is 0 Å². The number of hydrogen-bond acceptors (Lipinski definition) is 4. The molecule has 0 saturated carbocycles. The lowest BCUT2D eigenvalue weighted by molar-refractivity contribution is -0.131. The van der Waals surface area contributed by atoms with Crippen molar-refractivity contribution in [3.05, 3.63) is 23.8 Å². The summed E-state index contributed by atoms with van der Waals surface area (Å²) in [4.78, 5) is 14.5. The van der Waals surface area contributed by atoms with Gasteiger partial charge in [-0.05, 0) is 44.0 Å². The van der Waals surface area contributed by atoms with Crippen molar-refractivity contribution < 1.29 is 14.3 Å². The number of aryl methyl sites for hydroxylation is 1. The van der Waals surface area contributed by atoms with Crippen LogP contribution in [-0.2, 0) is 11.2 Å². The summed E-state index contributed by atoms with van der Waals surface area (Å²) in [5, 5.41) is 3.17. The Labute approximate surface area is 132 Å². The lowest BCUT2D eigenvalue weighted by atomic mass is 10.1. The number of nitrogens with one attached hydrogen (secondary N) is 1. The molecule has 1 N–H and O–H groups in total. The van der Waals surface area contributed by atoms with Gasteiger partial charge in [0, 0.05) is 31.6 Å². The summed E-state index contributed by atoms with van der Waals surface area (Å²) in [6.07, 6.45) is 3.43. The van der Waals surface area contributed by atoms with Crippen LogP contribution in [0, 0.1) is 0 Å². The summed E-state index contributed by atoms with van der Waals surface area (Å²) < 4.78 is 10.5. The Bertz CT molecular complexity index is 482. The highest BCUT2D eigenvalue weighted by Gasteiger charge is 2.27. The Morgan fingerprint density at radius 3 is 2.55 bits per heavy atom. The summed E-state index contributed by atoms with van der Waals surface area (Å²) in [7, 11) is 5.20. The minimum absolute atomic E-state index is 0.236. The summed E-state index contributed by atoms with van der Waals surface area (Å²) in [6, 6.07) is 6.11. The van der Waals surface area contributed by atoms with E-state index in [1.807, 2.05) is 30.1 Å². The van der Waals surface area contributed by atoms with Crippen LogP contribution in [-0.4, -0.2) is 51.2 Å². The molecule has 2 rings (SSSR count). The molecule has 5 heteroatoms. The van der Waals surface area contributed by atoms with Crippen molar-refractivity contribution >= 4 is 5.91 Å². The number of hydrogen-bond donors (Lipinski definition) is 1. The lowest BCUT2D eigenvalue weighted by Gasteiger charge is -2.24. The van der Waals surface area contributed by atoms with Gasteiger partial charge >= 0.3 is 0 Å². The minimum atomic E-state index is 0.236. The van der Waals surface area contributed by atoms with Crippen molar-refractivity contribution in [1.29, 1.82) is 0 Å². The van der Waals surface area contributed by atoms with E-state index in [0.29, 0.717) is 18.9 Å². The highest BCUT2D eigenvalue weighted by molar-refractivity contribution is 5.77. The summed E-state index contributed by atoms with van der Waals surface area (Å²) in [6.45, 7) is 1.76. The SMILES string of the molecule is CNCC1CCCN1C(=O)CCc1cc(OC)cc(OC)c1. The second kappa shape index (κ2) is 8.03. The van der Waals surface area contributed by atoms with Gasteiger partial charge in [0.15, 0.2) is 0 Å². The number of benzene rings is 1. The number of amides is 1. The maximum absolute atomic E-state index is 12.4. The zero-order valence-electron chi connectivity index (χ0n) is 13.7. The molecular formula is C17H26N2O3. The molecule has 1 amide bonds. The molecule has 1 aliphatic heterocycles. The van der Waals surface area contributed by atoms with Crippen LogP contribution >= 0.6 is 0 Å². The van der Waals surface area contributed by atoms with E-state index in [-0.39, 0.29) is 5.91 Å². The number of nitrogens with zero attached hydrogens (tertiary/aromatic N) is 1. The van der Waals surface area contributed by atoms with Crippen LogP contribution in [0.15, 0.2) is 18.2 Å². The van der Waals surface area contributed by atoms with E-state index < -0.39 is 0 Å². The molecule has 1 aromatic carbocycles. The minimum Gasteiger partial charge on any atom is -0.497 e. The van der Waals surface area contributed by atoms with Crippen LogP contribution in [0.25, 0.3) is 0 Å². The second-order valence-electron chi connectivity index (χ2n) is 5.66. The number of carbonyl (C=O) groups is 1. The van der Waals surface area contributed by atoms with E-state index in [0.717, 1.165) is 43.0 Å². The molecule has 0 aliphatic carbocycles. The molecule has 0 radical (unpaired) electrons. The van der Waals surface area contributed by atoms with E-state index in [2.05, 4.69) is 5.32 Å². The molecule has 1 saturated heterocycles. The predicted octanol–water partition coefficient (Wildman–Crippen LogP) is 1.85. The third-order valence-electron chi connectivity index (χ3n) is 4.18. The average Bonchev–Trinajstić information content (AvgIpc) is 3.01. The van der Waals surface area contributed by atoms with Crippen LogP contribution in [0.2, 0.25) is 0 Å². The van der Waals surface area contributed by atoms with Crippen molar-refractivity contribution in [2.45, 2.75) is 31.7 Å². The number of likely N-dealkylation sites (N-methyl/N-ethyl adjacent to an activating group) is 1. The monoisotopic (exact) mass is 306 g/mol. The molecular weight excluding hydrogens is 280 g/mol. The molecule has 0 bridgehead atoms. The number of likely N-dealkylation sites (tertiary alicyclic amines) is 1. The molecule has 122 valence electrons. The van der Waals surface area contributed by atoms with Crippen LogP contribution in [0.4, 0.5) is 0 Å². The van der Waals surface area contributed by atoms with Gasteiger partial charge in [0.25, 0.3) is 0 Å². The predicted molar refractivity (Wildman–Crippen MR) is 86.5 cm³/mol. The van der Waals surface area contributed by atoms with Crippen molar-refractivity contribution in [2.24, 2.45) is 0 Å². The van der Waals surface area contributed by atoms with Crippen LogP contribution in [0.1, 0.15) is 24.8 Å². The van der Waals surface area contributed by atoms with Crippen molar-refractivity contribution in [2.75, 3.05) is 34.4 Å². The highest BCUT2D eigenvalue weighted by atomic mass is 16.5. The normalized spacial score (nSPS) is 17.6. The number of rotatable bonds is 7. The fourth-order valence-electron chi connectivity index (χ4n) is 3.02. The first kappa shape index (κ1) is 16.6. The quantitative estimate of drug-likeness (QED) is 0.835. The Balaban J connectivity index is 1.96. The maximum atomic E-state index is 12.4. The van der Waals surface area contributed by atoms with Crippen LogP contribution in [0.5, 0.6) is 11.5 Å². The Hall–Kier alpha value is -1.75. The topological polar surface area (TPSA) is 50.8 Å². The van der Waals surface area contributed by atoms with E-state index in [1.54, 1.807) is 14.2 Å². The number of ether oxygens (including phenoxy) is 2. The molecule has 1 unspecified atom stereocenters. The molecule has 1 fully saturated rings. The average molecular weight is 306 g/mol. The van der Waals surface area contributed by atoms with Gasteiger partial charge < -0.3 is 19.7 Å². The van der Waals surface area contributed by atoms with E-state index in [4.69, 9.17) is 9.47 Å². The first-order valence-electron chi connectivity index (χ1n) is 7.84. The fourth-order valence-corrected chi connectivity index (χ4v) is 3.02. The smallest absolute Gasteiger partial charge is 0.223 e. The van der Waals surface area contributed by atoms with Crippen LogP contribution in [0.3, 0.4) is 0 Å². The molecule has 22 heavy (non-hydrogen) atoms. The first-order valence-corrected chi connectivity index (χ1v) is 7.84. The van der Waals surface area contributed by atoms with Gasteiger partial charge in [-0.25, -0.2) is 0 Å². The Morgan fingerprint density at radius 1 is 1.27 bits per heavy atom. The number of methoxy groups -OCH3 is 2. The fraction of sp³-hybridized carbons (Fsp3) is 0.588. The van der Waals surface area contributed by atoms with Crippen molar-refractivity contribution in [3.63, 3.8) is 0 Å². The zero-order valence-corrected chi connectivity index (χ0v) is 13.7. The zero-order chi connectivity index (χ0) is 15.9. The highest BCUT2D eigenvalue weighted by Crippen LogP contribution is 2.24. The Morgan fingerprint density at radius 2 is 1.95 bits per heavy atom.